The van der Waals surface area contributed by atoms with Crippen molar-refractivity contribution < 1.29 is 14.6 Å². The Balaban J connectivity index is 1.91. The normalized spacial score (nSPS) is 24.8. The Morgan fingerprint density at radius 1 is 1.24 bits per heavy atom. The molecule has 1 saturated carbocycles. The lowest BCUT2D eigenvalue weighted by atomic mass is 9.87. The van der Waals surface area contributed by atoms with Crippen LogP contribution in [0, 0.1) is 5.92 Å². The molecule has 0 amide bonds. The lowest BCUT2D eigenvalue weighted by Gasteiger charge is -2.27. The van der Waals surface area contributed by atoms with Gasteiger partial charge >= 0.3 is 0 Å². The predicted molar refractivity (Wildman–Crippen MR) is 67.9 cm³/mol. The van der Waals surface area contributed by atoms with E-state index in [1.807, 2.05) is 0 Å². The molecule has 2 atom stereocenters. The zero-order valence-electron chi connectivity index (χ0n) is 11.0. The molecule has 0 spiro atoms. The Bertz CT molecular complexity index is 216. The monoisotopic (exact) mass is 242 g/mol. The molecule has 1 aliphatic carbocycles. The topological polar surface area (TPSA) is 46.5 Å². The summed E-state index contributed by atoms with van der Waals surface area (Å²) >= 11 is 0. The summed E-state index contributed by atoms with van der Waals surface area (Å²) in [7, 11) is 0. The summed E-state index contributed by atoms with van der Waals surface area (Å²) in [6, 6.07) is 0. The van der Waals surface area contributed by atoms with E-state index in [1.54, 1.807) is 6.92 Å². The predicted octanol–water partition coefficient (Wildman–Crippen LogP) is 2.70. The third-order valence-electron chi connectivity index (χ3n) is 3.52. The number of carbonyl (C=O) groups excluding carboxylic acids is 1. The van der Waals surface area contributed by atoms with Crippen molar-refractivity contribution in [3.8, 4) is 0 Å². The van der Waals surface area contributed by atoms with Crippen molar-refractivity contribution in [2.75, 3.05) is 13.2 Å². The summed E-state index contributed by atoms with van der Waals surface area (Å²) in [5.41, 5.74) is 0. The van der Waals surface area contributed by atoms with Gasteiger partial charge in [-0.05, 0) is 32.6 Å². The molecule has 0 bridgehead atoms. The highest BCUT2D eigenvalue weighted by Gasteiger charge is 2.22. The van der Waals surface area contributed by atoms with Gasteiger partial charge in [0.1, 0.15) is 5.78 Å². The van der Waals surface area contributed by atoms with Crippen LogP contribution in [-0.4, -0.2) is 30.2 Å². The van der Waals surface area contributed by atoms with Gasteiger partial charge in [-0.25, -0.2) is 0 Å². The van der Waals surface area contributed by atoms with Crippen LogP contribution >= 0.6 is 0 Å². The standard InChI is InChI=1S/C14H26O3/c1-12(15)7-3-2-6-10-17-11-13-8-4-5-9-14(13)16/h13-14,16H,2-11H2,1H3. The number of rotatable bonds is 8. The smallest absolute Gasteiger partial charge is 0.129 e. The van der Waals surface area contributed by atoms with E-state index in [0.717, 1.165) is 45.1 Å². The molecule has 1 rings (SSSR count). The van der Waals surface area contributed by atoms with Crippen LogP contribution < -0.4 is 0 Å². The maximum Gasteiger partial charge on any atom is 0.129 e. The minimum absolute atomic E-state index is 0.151. The molecule has 0 aliphatic heterocycles. The average molecular weight is 242 g/mol. The lowest BCUT2D eigenvalue weighted by molar-refractivity contribution is -0.117. The Labute approximate surface area is 105 Å². The van der Waals surface area contributed by atoms with E-state index >= 15 is 0 Å². The molecule has 0 aromatic carbocycles. The Kier molecular flexibility index (Phi) is 7.45. The van der Waals surface area contributed by atoms with Gasteiger partial charge in [0.2, 0.25) is 0 Å². The average Bonchev–Trinajstić information content (AvgIpc) is 2.30. The fourth-order valence-electron chi connectivity index (χ4n) is 2.37. The van der Waals surface area contributed by atoms with Gasteiger partial charge in [-0.1, -0.05) is 19.3 Å². The number of aliphatic hydroxyl groups excluding tert-OH is 1. The van der Waals surface area contributed by atoms with Gasteiger partial charge < -0.3 is 14.6 Å². The summed E-state index contributed by atoms with van der Waals surface area (Å²) in [6.45, 7) is 3.11. The zero-order valence-corrected chi connectivity index (χ0v) is 11.0. The molecule has 3 heteroatoms. The minimum atomic E-state index is -0.151. The summed E-state index contributed by atoms with van der Waals surface area (Å²) in [5.74, 6) is 0.622. The van der Waals surface area contributed by atoms with Crippen molar-refractivity contribution in [2.24, 2.45) is 5.92 Å². The van der Waals surface area contributed by atoms with Gasteiger partial charge in [0, 0.05) is 18.9 Å². The van der Waals surface area contributed by atoms with E-state index in [1.165, 1.54) is 6.42 Å². The van der Waals surface area contributed by atoms with Crippen molar-refractivity contribution in [3.05, 3.63) is 0 Å². The Hall–Kier alpha value is -0.410. The number of Topliss-reactive ketones (excluding diaryl/α,β-unsaturated/α-hetero) is 1. The summed E-state index contributed by atoms with van der Waals surface area (Å²) in [6.07, 6.45) is 8.03. The van der Waals surface area contributed by atoms with Crippen LogP contribution in [0.1, 0.15) is 58.3 Å². The molecule has 100 valence electrons. The van der Waals surface area contributed by atoms with Gasteiger partial charge in [0.15, 0.2) is 0 Å². The fraction of sp³-hybridized carbons (Fsp3) is 0.929. The number of carbonyl (C=O) groups is 1. The number of ketones is 1. The number of hydrogen-bond donors (Lipinski definition) is 1. The third kappa shape index (κ3) is 6.79. The quantitative estimate of drug-likeness (QED) is 0.666. The first-order chi connectivity index (χ1) is 8.20. The second-order valence-corrected chi connectivity index (χ2v) is 5.20. The van der Waals surface area contributed by atoms with E-state index < -0.39 is 0 Å². The lowest BCUT2D eigenvalue weighted by Crippen LogP contribution is -2.28. The Morgan fingerprint density at radius 2 is 2.00 bits per heavy atom. The molecule has 17 heavy (non-hydrogen) atoms. The largest absolute Gasteiger partial charge is 0.393 e. The van der Waals surface area contributed by atoms with Crippen LogP contribution in [0.25, 0.3) is 0 Å². The molecule has 2 unspecified atom stereocenters. The van der Waals surface area contributed by atoms with Gasteiger partial charge in [-0.3, -0.25) is 0 Å². The van der Waals surface area contributed by atoms with Crippen molar-refractivity contribution in [1.29, 1.82) is 0 Å². The highest BCUT2D eigenvalue weighted by Crippen LogP contribution is 2.24. The highest BCUT2D eigenvalue weighted by atomic mass is 16.5. The van der Waals surface area contributed by atoms with Crippen molar-refractivity contribution in [1.82, 2.24) is 0 Å². The molecule has 0 aromatic heterocycles. The van der Waals surface area contributed by atoms with E-state index in [0.29, 0.717) is 18.9 Å². The first-order valence-corrected chi connectivity index (χ1v) is 6.95. The molecule has 0 aromatic rings. The van der Waals surface area contributed by atoms with Crippen LogP contribution in [0.2, 0.25) is 0 Å². The molecule has 1 aliphatic rings. The molecule has 0 saturated heterocycles. The SMILES string of the molecule is CC(=O)CCCCCOCC1CCCCC1O. The van der Waals surface area contributed by atoms with Crippen LogP contribution in [0.3, 0.4) is 0 Å². The van der Waals surface area contributed by atoms with E-state index in [9.17, 15) is 9.90 Å². The van der Waals surface area contributed by atoms with Gasteiger partial charge in [-0.2, -0.15) is 0 Å². The maximum atomic E-state index is 10.7. The first-order valence-electron chi connectivity index (χ1n) is 6.95. The molecular formula is C14H26O3. The molecule has 3 nitrogen and oxygen atoms in total. The van der Waals surface area contributed by atoms with Crippen LogP contribution in [0.5, 0.6) is 0 Å². The first kappa shape index (κ1) is 14.7. The minimum Gasteiger partial charge on any atom is -0.393 e. The second-order valence-electron chi connectivity index (χ2n) is 5.20. The van der Waals surface area contributed by atoms with Crippen LogP contribution in [0.15, 0.2) is 0 Å². The van der Waals surface area contributed by atoms with E-state index in [2.05, 4.69) is 0 Å². The van der Waals surface area contributed by atoms with Gasteiger partial charge in [-0.15, -0.1) is 0 Å². The molecule has 1 fully saturated rings. The number of unbranched alkanes of at least 4 members (excludes halogenated alkanes) is 2. The number of ether oxygens (including phenoxy) is 1. The zero-order chi connectivity index (χ0) is 12.5. The van der Waals surface area contributed by atoms with E-state index in [4.69, 9.17) is 4.74 Å². The fourth-order valence-corrected chi connectivity index (χ4v) is 2.37. The summed E-state index contributed by atoms with van der Waals surface area (Å²) < 4.78 is 5.61. The van der Waals surface area contributed by atoms with Crippen molar-refractivity contribution in [2.45, 2.75) is 64.4 Å². The second kappa shape index (κ2) is 8.65. The highest BCUT2D eigenvalue weighted by molar-refractivity contribution is 5.75. The van der Waals surface area contributed by atoms with Crippen molar-refractivity contribution >= 4 is 5.78 Å². The molecule has 0 heterocycles. The molecular weight excluding hydrogens is 216 g/mol. The molecule has 0 radical (unpaired) electrons. The van der Waals surface area contributed by atoms with E-state index in [-0.39, 0.29) is 11.9 Å². The van der Waals surface area contributed by atoms with Gasteiger partial charge in [0.25, 0.3) is 0 Å². The summed E-state index contributed by atoms with van der Waals surface area (Å²) in [5, 5.41) is 9.75. The maximum absolute atomic E-state index is 10.7. The van der Waals surface area contributed by atoms with Crippen molar-refractivity contribution in [3.63, 3.8) is 0 Å². The molecule has 1 N–H and O–H groups in total. The third-order valence-corrected chi connectivity index (χ3v) is 3.52. The van der Waals surface area contributed by atoms with Crippen LogP contribution in [0.4, 0.5) is 0 Å². The number of aliphatic hydroxyl groups is 1. The Morgan fingerprint density at radius 3 is 2.71 bits per heavy atom. The number of hydrogen-bond acceptors (Lipinski definition) is 3. The summed E-state index contributed by atoms with van der Waals surface area (Å²) in [4.78, 5) is 10.7. The van der Waals surface area contributed by atoms with Gasteiger partial charge in [0.05, 0.1) is 12.7 Å². The van der Waals surface area contributed by atoms with Crippen LogP contribution in [-0.2, 0) is 9.53 Å².